The molecule has 2 fully saturated rings. The van der Waals surface area contributed by atoms with Crippen LogP contribution in [0.25, 0.3) is 0 Å². The van der Waals surface area contributed by atoms with Crippen LogP contribution >= 0.6 is 0 Å². The van der Waals surface area contributed by atoms with Gasteiger partial charge < -0.3 is 15.0 Å². The molecular formula is C12H24N2O. The summed E-state index contributed by atoms with van der Waals surface area (Å²) in [4.78, 5) is 2.44. The minimum absolute atomic E-state index is 0.624. The second-order valence-corrected chi connectivity index (χ2v) is 5.05. The first-order chi connectivity index (χ1) is 7.34. The number of piperidine rings is 1. The van der Waals surface area contributed by atoms with Crippen LogP contribution in [-0.4, -0.2) is 50.8 Å². The summed E-state index contributed by atoms with van der Waals surface area (Å²) in [6.07, 6.45) is 5.47. The van der Waals surface area contributed by atoms with Gasteiger partial charge in [0.05, 0.1) is 13.2 Å². The maximum atomic E-state index is 5.47. The Morgan fingerprint density at radius 1 is 1.27 bits per heavy atom. The molecule has 0 aromatic heterocycles. The zero-order valence-corrected chi connectivity index (χ0v) is 9.87. The first-order valence-electron chi connectivity index (χ1n) is 6.34. The van der Waals surface area contributed by atoms with Crippen molar-refractivity contribution in [3.05, 3.63) is 0 Å². The highest BCUT2D eigenvalue weighted by Crippen LogP contribution is 2.21. The number of likely N-dealkylation sites (tertiary alicyclic amines) is 1. The average molecular weight is 212 g/mol. The van der Waals surface area contributed by atoms with Crippen LogP contribution in [0.5, 0.6) is 0 Å². The van der Waals surface area contributed by atoms with Gasteiger partial charge in [0, 0.05) is 12.6 Å². The lowest BCUT2D eigenvalue weighted by Gasteiger charge is -2.31. The van der Waals surface area contributed by atoms with Gasteiger partial charge in [-0.15, -0.1) is 0 Å². The van der Waals surface area contributed by atoms with Gasteiger partial charge >= 0.3 is 0 Å². The number of ether oxygens (including phenoxy) is 1. The van der Waals surface area contributed by atoms with Crippen LogP contribution in [0.2, 0.25) is 0 Å². The second kappa shape index (κ2) is 5.83. The Morgan fingerprint density at radius 2 is 2.07 bits per heavy atom. The van der Waals surface area contributed by atoms with Crippen LogP contribution in [0.1, 0.15) is 25.7 Å². The molecule has 2 aliphatic rings. The van der Waals surface area contributed by atoms with Crippen molar-refractivity contribution in [2.24, 2.45) is 5.92 Å². The van der Waals surface area contributed by atoms with Gasteiger partial charge in [0.15, 0.2) is 0 Å². The molecule has 3 heteroatoms. The van der Waals surface area contributed by atoms with Crippen LogP contribution < -0.4 is 5.32 Å². The fourth-order valence-corrected chi connectivity index (χ4v) is 2.59. The van der Waals surface area contributed by atoms with Gasteiger partial charge in [-0.05, 0) is 51.7 Å². The molecule has 0 aromatic carbocycles. The van der Waals surface area contributed by atoms with Crippen molar-refractivity contribution in [2.75, 3.05) is 39.9 Å². The van der Waals surface area contributed by atoms with E-state index in [0.717, 1.165) is 25.7 Å². The summed E-state index contributed by atoms with van der Waals surface area (Å²) in [7, 11) is 2.23. The fourth-order valence-electron chi connectivity index (χ4n) is 2.59. The predicted octanol–water partition coefficient (Wildman–Crippen LogP) is 1.10. The summed E-state index contributed by atoms with van der Waals surface area (Å²) < 4.78 is 5.47. The second-order valence-electron chi connectivity index (χ2n) is 5.05. The maximum Gasteiger partial charge on any atom is 0.0620 e. The molecule has 0 radical (unpaired) electrons. The lowest BCUT2D eigenvalue weighted by molar-refractivity contribution is 0.0704. The molecule has 2 rings (SSSR count). The van der Waals surface area contributed by atoms with E-state index in [1.54, 1.807) is 0 Å². The summed E-state index contributed by atoms with van der Waals surface area (Å²) in [5, 5.41) is 3.53. The van der Waals surface area contributed by atoms with E-state index in [4.69, 9.17) is 4.74 Å². The van der Waals surface area contributed by atoms with Gasteiger partial charge in [0.2, 0.25) is 0 Å². The number of nitrogens with zero attached hydrogens (tertiary/aromatic N) is 1. The summed E-state index contributed by atoms with van der Waals surface area (Å²) in [6.45, 7) is 5.44. The summed E-state index contributed by atoms with van der Waals surface area (Å²) in [5.41, 5.74) is 0. The van der Waals surface area contributed by atoms with Gasteiger partial charge in [-0.3, -0.25) is 0 Å². The Bertz CT molecular complexity index is 172. The highest BCUT2D eigenvalue weighted by Gasteiger charge is 2.19. The van der Waals surface area contributed by atoms with Crippen molar-refractivity contribution in [1.29, 1.82) is 0 Å². The normalized spacial score (nSPS) is 30.6. The Morgan fingerprint density at radius 3 is 2.73 bits per heavy atom. The van der Waals surface area contributed by atoms with E-state index >= 15 is 0 Å². The van der Waals surface area contributed by atoms with Gasteiger partial charge in [-0.25, -0.2) is 0 Å². The largest absolute Gasteiger partial charge is 0.379 e. The van der Waals surface area contributed by atoms with Crippen molar-refractivity contribution >= 4 is 0 Å². The number of hydrogen-bond acceptors (Lipinski definition) is 3. The number of hydrogen-bond donors (Lipinski definition) is 1. The van der Waals surface area contributed by atoms with E-state index in [9.17, 15) is 0 Å². The van der Waals surface area contributed by atoms with E-state index in [2.05, 4.69) is 17.3 Å². The Balaban J connectivity index is 1.60. The number of morpholine rings is 1. The van der Waals surface area contributed by atoms with Gasteiger partial charge in [0.1, 0.15) is 0 Å². The zero-order chi connectivity index (χ0) is 10.5. The molecule has 0 aliphatic carbocycles. The predicted molar refractivity (Wildman–Crippen MR) is 62.1 cm³/mol. The quantitative estimate of drug-likeness (QED) is 0.758. The van der Waals surface area contributed by atoms with Gasteiger partial charge in [-0.1, -0.05) is 0 Å². The molecule has 0 spiro atoms. The van der Waals surface area contributed by atoms with E-state index in [0.29, 0.717) is 6.04 Å². The van der Waals surface area contributed by atoms with E-state index < -0.39 is 0 Å². The first kappa shape index (κ1) is 11.4. The molecule has 88 valence electrons. The van der Waals surface area contributed by atoms with Crippen molar-refractivity contribution in [2.45, 2.75) is 31.7 Å². The molecule has 2 saturated heterocycles. The smallest absolute Gasteiger partial charge is 0.0620 e. The lowest BCUT2D eigenvalue weighted by Crippen LogP contribution is -2.41. The molecule has 15 heavy (non-hydrogen) atoms. The van der Waals surface area contributed by atoms with Crippen molar-refractivity contribution < 1.29 is 4.74 Å². The van der Waals surface area contributed by atoms with Crippen LogP contribution in [0, 0.1) is 5.92 Å². The van der Waals surface area contributed by atoms with Gasteiger partial charge in [-0.2, -0.15) is 0 Å². The molecule has 1 N–H and O–H groups in total. The molecule has 0 bridgehead atoms. The number of rotatable bonds is 3. The summed E-state index contributed by atoms with van der Waals surface area (Å²) in [5.74, 6) is 0.963. The third-order valence-corrected chi connectivity index (χ3v) is 3.76. The van der Waals surface area contributed by atoms with Gasteiger partial charge in [0.25, 0.3) is 0 Å². The van der Waals surface area contributed by atoms with Crippen LogP contribution in [0.15, 0.2) is 0 Å². The molecule has 2 heterocycles. The third kappa shape index (κ3) is 3.74. The van der Waals surface area contributed by atoms with Crippen molar-refractivity contribution in [3.8, 4) is 0 Å². The third-order valence-electron chi connectivity index (χ3n) is 3.76. The maximum absolute atomic E-state index is 5.47. The summed E-state index contributed by atoms with van der Waals surface area (Å²) in [6, 6.07) is 0.624. The van der Waals surface area contributed by atoms with E-state index in [1.807, 2.05) is 0 Å². The monoisotopic (exact) mass is 212 g/mol. The molecule has 2 aliphatic heterocycles. The van der Waals surface area contributed by atoms with Crippen molar-refractivity contribution in [3.63, 3.8) is 0 Å². The van der Waals surface area contributed by atoms with Crippen LogP contribution in [0.4, 0.5) is 0 Å². The highest BCUT2D eigenvalue weighted by atomic mass is 16.5. The Hall–Kier alpha value is -0.120. The molecule has 0 aromatic rings. The Kier molecular flexibility index (Phi) is 4.42. The van der Waals surface area contributed by atoms with Crippen LogP contribution in [-0.2, 0) is 4.74 Å². The standard InChI is InChI=1S/C12H24N2O/c1-14-7-4-11(5-8-14)2-3-12-10-15-9-6-13-12/h11-13H,2-10H2,1H3. The molecule has 0 amide bonds. The van der Waals surface area contributed by atoms with Crippen molar-refractivity contribution in [1.82, 2.24) is 10.2 Å². The van der Waals surface area contributed by atoms with E-state index in [-0.39, 0.29) is 0 Å². The molecule has 1 unspecified atom stereocenters. The Labute approximate surface area is 93.2 Å². The first-order valence-corrected chi connectivity index (χ1v) is 6.34. The van der Waals surface area contributed by atoms with Crippen LogP contribution in [0.3, 0.4) is 0 Å². The molecular weight excluding hydrogens is 188 g/mol. The molecule has 0 saturated carbocycles. The summed E-state index contributed by atoms with van der Waals surface area (Å²) >= 11 is 0. The molecule has 3 nitrogen and oxygen atoms in total. The minimum Gasteiger partial charge on any atom is -0.379 e. The minimum atomic E-state index is 0.624. The average Bonchev–Trinajstić information content (AvgIpc) is 2.30. The SMILES string of the molecule is CN1CCC(CCC2COCCN2)CC1. The molecule has 1 atom stereocenters. The highest BCUT2D eigenvalue weighted by molar-refractivity contribution is 4.75. The zero-order valence-electron chi connectivity index (χ0n) is 9.87. The van der Waals surface area contributed by atoms with E-state index in [1.165, 1.54) is 38.8 Å². The topological polar surface area (TPSA) is 24.5 Å². The number of nitrogens with one attached hydrogen (secondary N) is 1. The lowest BCUT2D eigenvalue weighted by atomic mass is 9.91. The fraction of sp³-hybridized carbons (Fsp3) is 1.00.